The lowest BCUT2D eigenvalue weighted by Crippen LogP contribution is -2.45. The summed E-state index contributed by atoms with van der Waals surface area (Å²) in [6.07, 6.45) is 0.203. The Morgan fingerprint density at radius 1 is 1.14 bits per heavy atom. The predicted octanol–water partition coefficient (Wildman–Crippen LogP) is 3.65. The Balaban J connectivity index is 1.78. The fourth-order valence-electron chi connectivity index (χ4n) is 3.55. The van der Waals surface area contributed by atoms with E-state index in [2.05, 4.69) is 19.2 Å². The third-order valence-corrected chi connectivity index (χ3v) is 5.17. The van der Waals surface area contributed by atoms with Gasteiger partial charge in [-0.2, -0.15) is 0 Å². The van der Waals surface area contributed by atoms with E-state index in [9.17, 15) is 14.4 Å². The Kier molecular flexibility index (Phi) is 6.01. The molecule has 0 saturated carbocycles. The number of hydrogen-bond donors (Lipinski definition) is 1. The van der Waals surface area contributed by atoms with E-state index < -0.39 is 0 Å². The van der Waals surface area contributed by atoms with Crippen LogP contribution in [0.25, 0.3) is 0 Å². The van der Waals surface area contributed by atoms with E-state index in [1.807, 2.05) is 37.3 Å². The number of nitrogens with zero attached hydrogens (tertiary/aromatic N) is 2. The fourth-order valence-corrected chi connectivity index (χ4v) is 3.55. The highest BCUT2D eigenvalue weighted by Gasteiger charge is 2.30. The van der Waals surface area contributed by atoms with Gasteiger partial charge in [0.1, 0.15) is 6.54 Å². The Morgan fingerprint density at radius 2 is 1.79 bits per heavy atom. The van der Waals surface area contributed by atoms with E-state index in [-0.39, 0.29) is 36.7 Å². The third-order valence-electron chi connectivity index (χ3n) is 5.17. The zero-order valence-electron chi connectivity index (χ0n) is 17.3. The van der Waals surface area contributed by atoms with Crippen molar-refractivity contribution in [3.63, 3.8) is 0 Å². The molecule has 0 bridgehead atoms. The first-order chi connectivity index (χ1) is 13.8. The average molecular weight is 393 g/mol. The molecule has 152 valence electrons. The molecule has 1 aliphatic rings. The van der Waals surface area contributed by atoms with Crippen molar-refractivity contribution < 1.29 is 14.4 Å². The molecule has 1 aliphatic heterocycles. The number of rotatable bonds is 4. The van der Waals surface area contributed by atoms with Crippen molar-refractivity contribution in [1.29, 1.82) is 0 Å². The molecule has 0 aromatic heterocycles. The Bertz CT molecular complexity index is 921. The van der Waals surface area contributed by atoms with Crippen molar-refractivity contribution in [2.24, 2.45) is 0 Å². The zero-order chi connectivity index (χ0) is 21.1. The van der Waals surface area contributed by atoms with Crippen LogP contribution in [-0.2, 0) is 9.59 Å². The highest BCUT2D eigenvalue weighted by Crippen LogP contribution is 2.31. The molecule has 1 atom stereocenters. The molecule has 3 amide bonds. The number of nitrogens with one attached hydrogen (secondary N) is 1. The van der Waals surface area contributed by atoms with E-state index >= 15 is 0 Å². The monoisotopic (exact) mass is 393 g/mol. The summed E-state index contributed by atoms with van der Waals surface area (Å²) in [5, 5.41) is 2.84. The van der Waals surface area contributed by atoms with Gasteiger partial charge in [-0.3, -0.25) is 14.4 Å². The first-order valence-corrected chi connectivity index (χ1v) is 9.84. The summed E-state index contributed by atoms with van der Waals surface area (Å²) in [7, 11) is 1.62. The highest BCUT2D eigenvalue weighted by molar-refractivity contribution is 6.06. The molecule has 3 rings (SSSR count). The maximum atomic E-state index is 13.1. The summed E-state index contributed by atoms with van der Waals surface area (Å²) < 4.78 is 0. The van der Waals surface area contributed by atoms with Crippen LogP contribution < -0.4 is 10.2 Å². The third kappa shape index (κ3) is 4.47. The number of carbonyl (C=O) groups is 3. The summed E-state index contributed by atoms with van der Waals surface area (Å²) >= 11 is 0. The molecule has 0 saturated heterocycles. The van der Waals surface area contributed by atoms with E-state index in [0.29, 0.717) is 22.9 Å². The number of anilines is 2. The van der Waals surface area contributed by atoms with Crippen LogP contribution in [0.5, 0.6) is 0 Å². The first-order valence-electron chi connectivity index (χ1n) is 9.84. The quantitative estimate of drug-likeness (QED) is 0.862. The highest BCUT2D eigenvalue weighted by atomic mass is 16.2. The molecule has 6 heteroatoms. The van der Waals surface area contributed by atoms with Crippen LogP contribution in [0.2, 0.25) is 0 Å². The molecule has 1 N–H and O–H groups in total. The van der Waals surface area contributed by atoms with Crippen molar-refractivity contribution in [1.82, 2.24) is 4.90 Å². The van der Waals surface area contributed by atoms with Crippen molar-refractivity contribution in [2.75, 3.05) is 23.8 Å². The van der Waals surface area contributed by atoms with E-state index in [0.717, 1.165) is 5.56 Å². The van der Waals surface area contributed by atoms with Gasteiger partial charge in [0.05, 0.1) is 11.4 Å². The Hall–Kier alpha value is -3.15. The molecule has 2 aromatic rings. The fraction of sp³-hybridized carbons (Fsp3) is 0.348. The largest absolute Gasteiger partial charge is 0.332 e. The van der Waals surface area contributed by atoms with Gasteiger partial charge in [-0.1, -0.05) is 38.1 Å². The normalized spacial score (nSPS) is 16.1. The predicted molar refractivity (Wildman–Crippen MR) is 114 cm³/mol. The van der Waals surface area contributed by atoms with Crippen LogP contribution in [-0.4, -0.2) is 42.3 Å². The standard InChI is InChI=1S/C23H27N3O3/c1-15(2)17-9-11-18(12-10-17)23(29)25(4)14-22(28)26-16(3)13-21(27)24-19-7-5-6-8-20(19)26/h5-12,15-16H,13-14H2,1-4H3,(H,24,27)/t16-/m0/s1. The van der Waals surface area contributed by atoms with Crippen LogP contribution in [0.3, 0.4) is 0 Å². The zero-order valence-corrected chi connectivity index (χ0v) is 17.3. The van der Waals surface area contributed by atoms with Crippen molar-refractivity contribution in [3.8, 4) is 0 Å². The molecule has 29 heavy (non-hydrogen) atoms. The number of hydrogen-bond acceptors (Lipinski definition) is 3. The van der Waals surface area contributed by atoms with E-state index in [1.165, 1.54) is 4.90 Å². The van der Waals surface area contributed by atoms with Gasteiger partial charge < -0.3 is 15.1 Å². The average Bonchev–Trinajstić information content (AvgIpc) is 2.81. The van der Waals surface area contributed by atoms with Gasteiger partial charge in [0.2, 0.25) is 11.8 Å². The molecular weight excluding hydrogens is 366 g/mol. The molecule has 0 aliphatic carbocycles. The molecule has 2 aromatic carbocycles. The molecule has 1 heterocycles. The second-order valence-electron chi connectivity index (χ2n) is 7.82. The van der Waals surface area contributed by atoms with Crippen LogP contribution in [0.15, 0.2) is 48.5 Å². The maximum absolute atomic E-state index is 13.1. The van der Waals surface area contributed by atoms with Gasteiger partial charge in [0.25, 0.3) is 5.91 Å². The summed E-state index contributed by atoms with van der Waals surface area (Å²) in [5.41, 5.74) is 2.96. The molecule has 6 nitrogen and oxygen atoms in total. The van der Waals surface area contributed by atoms with Gasteiger partial charge in [-0.15, -0.1) is 0 Å². The molecule has 0 radical (unpaired) electrons. The summed E-state index contributed by atoms with van der Waals surface area (Å²) in [6.45, 7) is 5.96. The molecule has 0 fully saturated rings. The van der Waals surface area contributed by atoms with Gasteiger partial charge >= 0.3 is 0 Å². The first kappa shape index (κ1) is 20.6. The van der Waals surface area contributed by atoms with Gasteiger partial charge in [-0.25, -0.2) is 0 Å². The number of likely N-dealkylation sites (N-methyl/N-ethyl adjacent to an activating group) is 1. The van der Waals surface area contributed by atoms with Gasteiger partial charge in [0, 0.05) is 25.1 Å². The summed E-state index contributed by atoms with van der Waals surface area (Å²) in [4.78, 5) is 41.0. The van der Waals surface area contributed by atoms with E-state index in [4.69, 9.17) is 0 Å². The molecular formula is C23H27N3O3. The van der Waals surface area contributed by atoms with Crippen molar-refractivity contribution in [3.05, 3.63) is 59.7 Å². The van der Waals surface area contributed by atoms with Gasteiger partial charge in [0.15, 0.2) is 0 Å². The van der Waals surface area contributed by atoms with Crippen LogP contribution in [0, 0.1) is 0 Å². The number of benzene rings is 2. The smallest absolute Gasteiger partial charge is 0.254 e. The van der Waals surface area contributed by atoms with Crippen LogP contribution >= 0.6 is 0 Å². The minimum Gasteiger partial charge on any atom is -0.332 e. The lowest BCUT2D eigenvalue weighted by atomic mass is 10.0. The number of fused-ring (bicyclic) bond motifs is 1. The summed E-state index contributed by atoms with van der Waals surface area (Å²) in [5.74, 6) is -0.177. The SMILES string of the molecule is CC(C)c1ccc(C(=O)N(C)CC(=O)N2c3ccccc3NC(=O)C[C@@H]2C)cc1. The second-order valence-corrected chi connectivity index (χ2v) is 7.82. The van der Waals surface area contributed by atoms with E-state index in [1.54, 1.807) is 30.1 Å². The second kappa shape index (κ2) is 8.47. The maximum Gasteiger partial charge on any atom is 0.254 e. The van der Waals surface area contributed by atoms with Crippen molar-refractivity contribution >= 4 is 29.1 Å². The Morgan fingerprint density at radius 3 is 2.45 bits per heavy atom. The van der Waals surface area contributed by atoms with Crippen LogP contribution in [0.1, 0.15) is 49.0 Å². The summed E-state index contributed by atoms with van der Waals surface area (Å²) in [6, 6.07) is 14.4. The number of para-hydroxylation sites is 2. The van der Waals surface area contributed by atoms with Crippen molar-refractivity contribution in [2.45, 2.75) is 39.2 Å². The number of amides is 3. The molecule has 0 spiro atoms. The minimum absolute atomic E-state index is 0.0718. The lowest BCUT2D eigenvalue weighted by Gasteiger charge is -2.29. The minimum atomic E-state index is -0.306. The lowest BCUT2D eigenvalue weighted by molar-refractivity contribution is -0.119. The Labute approximate surface area is 171 Å². The van der Waals surface area contributed by atoms with Gasteiger partial charge in [-0.05, 0) is 42.7 Å². The van der Waals surface area contributed by atoms with Crippen LogP contribution in [0.4, 0.5) is 11.4 Å². The molecule has 0 unspecified atom stereocenters. The number of carbonyl (C=O) groups excluding carboxylic acids is 3. The topological polar surface area (TPSA) is 69.7 Å².